The van der Waals surface area contributed by atoms with E-state index in [0.29, 0.717) is 13.1 Å². The van der Waals surface area contributed by atoms with Crippen LogP contribution in [-0.4, -0.2) is 37.9 Å². The Balaban J connectivity index is 2.58. The van der Waals surface area contributed by atoms with Crippen molar-refractivity contribution < 1.29 is 9.53 Å². The number of aryl methyl sites for hydroxylation is 2. The number of anilines is 1. The van der Waals surface area contributed by atoms with Crippen molar-refractivity contribution in [2.45, 2.75) is 52.7 Å². The van der Waals surface area contributed by atoms with Crippen LogP contribution >= 0.6 is 0 Å². The summed E-state index contributed by atoms with van der Waals surface area (Å²) in [6.45, 7) is 10.8. The molecule has 0 saturated carbocycles. The number of nitrogens with two attached hydrogens (primary N) is 1. The van der Waals surface area contributed by atoms with Gasteiger partial charge in [-0.15, -0.1) is 0 Å². The minimum absolute atomic E-state index is 0.158. The summed E-state index contributed by atoms with van der Waals surface area (Å²) in [5, 5.41) is 2.79. The van der Waals surface area contributed by atoms with Gasteiger partial charge in [-0.3, -0.25) is 0 Å². The number of carbonyl (C=O) groups excluding carboxylic acids is 1. The number of hydrogen-bond acceptors (Lipinski definition) is 4. The summed E-state index contributed by atoms with van der Waals surface area (Å²) in [5.74, 6) is 0. The highest BCUT2D eigenvalue weighted by atomic mass is 16.6. The molecule has 1 aromatic rings. The first-order valence-electron chi connectivity index (χ1n) is 8.10. The Labute approximate surface area is 140 Å². The number of benzene rings is 1. The minimum Gasteiger partial charge on any atom is -0.444 e. The van der Waals surface area contributed by atoms with E-state index in [4.69, 9.17) is 10.5 Å². The first kappa shape index (κ1) is 19.3. The first-order valence-corrected chi connectivity index (χ1v) is 8.10. The SMILES string of the molecule is Cc1cc(C)cc(N(C)C(CN)CCNC(=O)OC(C)(C)C)c1. The Hall–Kier alpha value is -1.75. The second-order valence-corrected chi connectivity index (χ2v) is 7.06. The predicted molar refractivity (Wildman–Crippen MR) is 96.0 cm³/mol. The number of carbonyl (C=O) groups is 1. The van der Waals surface area contributed by atoms with Gasteiger partial charge in [-0.25, -0.2) is 4.79 Å². The van der Waals surface area contributed by atoms with E-state index in [1.807, 2.05) is 27.8 Å². The molecule has 1 aromatic carbocycles. The van der Waals surface area contributed by atoms with Gasteiger partial charge in [-0.1, -0.05) is 6.07 Å². The standard InChI is InChI=1S/C18H31N3O2/c1-13-9-14(2)11-16(10-13)21(6)15(12-19)7-8-20-17(22)23-18(3,4)5/h9-11,15H,7-8,12,19H2,1-6H3,(H,20,22). The third kappa shape index (κ3) is 6.91. The maximum Gasteiger partial charge on any atom is 0.407 e. The van der Waals surface area contributed by atoms with Gasteiger partial charge in [-0.2, -0.15) is 0 Å². The number of nitrogens with one attached hydrogen (secondary N) is 1. The van der Waals surface area contributed by atoms with Gasteiger partial charge in [0.15, 0.2) is 0 Å². The fourth-order valence-electron chi connectivity index (χ4n) is 2.49. The van der Waals surface area contributed by atoms with Crippen LogP contribution in [0.4, 0.5) is 10.5 Å². The Bertz CT molecular complexity index is 503. The van der Waals surface area contributed by atoms with Crippen molar-refractivity contribution in [3.8, 4) is 0 Å². The minimum atomic E-state index is -0.479. The molecule has 0 bridgehead atoms. The second-order valence-electron chi connectivity index (χ2n) is 7.06. The Morgan fingerprint density at radius 3 is 2.30 bits per heavy atom. The summed E-state index contributed by atoms with van der Waals surface area (Å²) in [6.07, 6.45) is 0.376. The van der Waals surface area contributed by atoms with E-state index < -0.39 is 5.60 Å². The number of amides is 1. The summed E-state index contributed by atoms with van der Waals surface area (Å²) in [5.41, 5.74) is 9.05. The van der Waals surface area contributed by atoms with Crippen molar-refractivity contribution in [2.24, 2.45) is 5.73 Å². The number of ether oxygens (including phenoxy) is 1. The van der Waals surface area contributed by atoms with Crippen molar-refractivity contribution in [3.05, 3.63) is 29.3 Å². The first-order chi connectivity index (χ1) is 10.6. The predicted octanol–water partition coefficient (Wildman–Crippen LogP) is 2.98. The van der Waals surface area contributed by atoms with E-state index in [9.17, 15) is 4.79 Å². The van der Waals surface area contributed by atoms with Gasteiger partial charge in [0.1, 0.15) is 5.60 Å². The summed E-state index contributed by atoms with van der Waals surface area (Å²) >= 11 is 0. The van der Waals surface area contributed by atoms with Crippen LogP contribution in [0.1, 0.15) is 38.3 Å². The zero-order valence-electron chi connectivity index (χ0n) is 15.3. The molecule has 0 aliphatic carbocycles. The van der Waals surface area contributed by atoms with Crippen LogP contribution in [0.25, 0.3) is 0 Å². The van der Waals surface area contributed by atoms with Crippen LogP contribution in [0.3, 0.4) is 0 Å². The lowest BCUT2D eigenvalue weighted by atomic mass is 10.1. The van der Waals surface area contributed by atoms with Crippen LogP contribution in [0, 0.1) is 13.8 Å². The molecule has 5 nitrogen and oxygen atoms in total. The molecule has 0 heterocycles. The van der Waals surface area contributed by atoms with Gasteiger partial charge in [0.05, 0.1) is 0 Å². The zero-order valence-corrected chi connectivity index (χ0v) is 15.3. The second kappa shape index (κ2) is 8.20. The number of likely N-dealkylation sites (N-methyl/N-ethyl adjacent to an activating group) is 1. The number of nitrogens with zero attached hydrogens (tertiary/aromatic N) is 1. The van der Waals surface area contributed by atoms with E-state index in [2.05, 4.69) is 42.3 Å². The molecule has 130 valence electrons. The lowest BCUT2D eigenvalue weighted by Gasteiger charge is -2.30. The van der Waals surface area contributed by atoms with Crippen molar-refractivity contribution >= 4 is 11.8 Å². The van der Waals surface area contributed by atoms with E-state index in [0.717, 1.165) is 12.1 Å². The average Bonchev–Trinajstić information content (AvgIpc) is 2.40. The average molecular weight is 321 g/mol. The fraction of sp³-hybridized carbons (Fsp3) is 0.611. The summed E-state index contributed by atoms with van der Waals surface area (Å²) in [6, 6.07) is 6.61. The van der Waals surface area contributed by atoms with E-state index in [-0.39, 0.29) is 12.1 Å². The summed E-state index contributed by atoms with van der Waals surface area (Å²) < 4.78 is 5.23. The molecule has 3 N–H and O–H groups in total. The van der Waals surface area contributed by atoms with E-state index in [1.165, 1.54) is 11.1 Å². The van der Waals surface area contributed by atoms with Gasteiger partial charge in [0, 0.05) is 31.9 Å². The molecule has 5 heteroatoms. The molecular formula is C18H31N3O2. The van der Waals surface area contributed by atoms with Crippen molar-refractivity contribution in [1.29, 1.82) is 0 Å². The molecule has 0 spiro atoms. The van der Waals surface area contributed by atoms with E-state index in [1.54, 1.807) is 0 Å². The fourth-order valence-corrected chi connectivity index (χ4v) is 2.49. The molecular weight excluding hydrogens is 290 g/mol. The van der Waals surface area contributed by atoms with Crippen LogP contribution in [0.5, 0.6) is 0 Å². The highest BCUT2D eigenvalue weighted by molar-refractivity contribution is 5.67. The molecule has 0 fully saturated rings. The van der Waals surface area contributed by atoms with Crippen molar-refractivity contribution in [2.75, 3.05) is 25.0 Å². The van der Waals surface area contributed by atoms with Gasteiger partial charge >= 0.3 is 6.09 Å². The molecule has 0 saturated heterocycles. The maximum atomic E-state index is 11.7. The topological polar surface area (TPSA) is 67.6 Å². The molecule has 1 unspecified atom stereocenters. The van der Waals surface area contributed by atoms with Crippen LogP contribution < -0.4 is 16.0 Å². The number of rotatable bonds is 6. The van der Waals surface area contributed by atoms with Gasteiger partial charge in [-0.05, 0) is 64.3 Å². The number of alkyl carbamates (subject to hydrolysis) is 1. The molecule has 0 aromatic heterocycles. The lowest BCUT2D eigenvalue weighted by molar-refractivity contribution is 0.0526. The van der Waals surface area contributed by atoms with E-state index >= 15 is 0 Å². The molecule has 1 atom stereocenters. The molecule has 23 heavy (non-hydrogen) atoms. The Kier molecular flexibility index (Phi) is 6.88. The number of hydrogen-bond donors (Lipinski definition) is 2. The molecule has 1 amide bonds. The molecule has 0 aliphatic heterocycles. The lowest BCUT2D eigenvalue weighted by Crippen LogP contribution is -2.41. The monoisotopic (exact) mass is 321 g/mol. The van der Waals surface area contributed by atoms with Crippen molar-refractivity contribution in [1.82, 2.24) is 5.32 Å². The maximum absolute atomic E-state index is 11.7. The van der Waals surface area contributed by atoms with Gasteiger partial charge in [0.25, 0.3) is 0 Å². The quantitative estimate of drug-likeness (QED) is 0.845. The molecule has 0 aliphatic rings. The molecule has 0 radical (unpaired) electrons. The summed E-state index contributed by atoms with van der Waals surface area (Å²) in [4.78, 5) is 13.9. The Morgan fingerprint density at radius 2 is 1.83 bits per heavy atom. The highest BCUT2D eigenvalue weighted by Gasteiger charge is 2.18. The third-order valence-corrected chi connectivity index (χ3v) is 3.58. The zero-order chi connectivity index (χ0) is 17.6. The largest absolute Gasteiger partial charge is 0.444 e. The Morgan fingerprint density at radius 1 is 1.26 bits per heavy atom. The summed E-state index contributed by atoms with van der Waals surface area (Å²) in [7, 11) is 2.04. The molecule has 1 rings (SSSR count). The van der Waals surface area contributed by atoms with Crippen LogP contribution in [-0.2, 0) is 4.74 Å². The van der Waals surface area contributed by atoms with Gasteiger partial charge in [0.2, 0.25) is 0 Å². The van der Waals surface area contributed by atoms with Crippen molar-refractivity contribution in [3.63, 3.8) is 0 Å². The van der Waals surface area contributed by atoms with Crippen LogP contribution in [0.2, 0.25) is 0 Å². The van der Waals surface area contributed by atoms with Crippen LogP contribution in [0.15, 0.2) is 18.2 Å². The normalized spacial score (nSPS) is 12.7. The smallest absolute Gasteiger partial charge is 0.407 e. The van der Waals surface area contributed by atoms with Gasteiger partial charge < -0.3 is 20.7 Å². The third-order valence-electron chi connectivity index (χ3n) is 3.58. The highest BCUT2D eigenvalue weighted by Crippen LogP contribution is 2.20.